The fraction of sp³-hybridized carbons (Fsp3) is 0.310. The van der Waals surface area contributed by atoms with E-state index in [0.29, 0.717) is 40.6 Å². The Bertz CT molecular complexity index is 1480. The van der Waals surface area contributed by atoms with Crippen molar-refractivity contribution in [2.45, 2.75) is 31.5 Å². The average Bonchev–Trinajstić information content (AvgIpc) is 3.28. The first-order valence-electron chi connectivity index (χ1n) is 12.4. The number of nitrogens with zero attached hydrogens (tertiary/aromatic N) is 6. The fourth-order valence-corrected chi connectivity index (χ4v) is 5.76. The van der Waals surface area contributed by atoms with Crippen LogP contribution in [0.4, 0.5) is 8.78 Å². The SMILES string of the molecule is Cn1nnnc1-c1cc(F)cc(C(C2CN(C(c3ccc(Cl)cc3)c3cccc(C#N)c3)C2)C(C)(C)F)c1. The summed E-state index contributed by atoms with van der Waals surface area (Å²) in [5, 5.41) is 21.6. The standard InChI is InChI=1S/C29H27ClF2N6/c1-29(2,32)26(21-12-22(14-25(31)13-21)28-34-35-36-37(28)3)23-16-38(17-23)27(19-7-9-24(30)10-8-19)20-6-4-5-18(11-20)15-33/h4-14,23,26-27H,16-17H2,1-3H3. The van der Waals surface area contributed by atoms with Gasteiger partial charge in [0, 0.05) is 36.6 Å². The number of tetrazole rings is 1. The van der Waals surface area contributed by atoms with Crippen LogP contribution in [0.25, 0.3) is 11.4 Å². The fourth-order valence-electron chi connectivity index (χ4n) is 5.63. The molecule has 0 N–H and O–H groups in total. The average molecular weight is 533 g/mol. The molecule has 1 saturated heterocycles. The molecule has 4 aromatic rings. The highest BCUT2D eigenvalue weighted by molar-refractivity contribution is 6.30. The van der Waals surface area contributed by atoms with Crippen molar-refractivity contribution < 1.29 is 8.78 Å². The Morgan fingerprint density at radius 3 is 2.39 bits per heavy atom. The highest BCUT2D eigenvalue weighted by Gasteiger charge is 2.45. The van der Waals surface area contributed by atoms with Gasteiger partial charge in [-0.25, -0.2) is 13.5 Å². The van der Waals surface area contributed by atoms with Gasteiger partial charge in [-0.1, -0.05) is 35.9 Å². The number of hydrogen-bond acceptors (Lipinski definition) is 5. The second-order valence-corrected chi connectivity index (χ2v) is 10.8. The van der Waals surface area contributed by atoms with E-state index in [0.717, 1.165) is 11.1 Å². The number of benzene rings is 3. The molecule has 6 nitrogen and oxygen atoms in total. The Hall–Kier alpha value is -3.67. The zero-order valence-electron chi connectivity index (χ0n) is 21.3. The Kier molecular flexibility index (Phi) is 6.99. The lowest BCUT2D eigenvalue weighted by molar-refractivity contribution is 0.00814. The summed E-state index contributed by atoms with van der Waals surface area (Å²) in [6.45, 7) is 4.28. The van der Waals surface area contributed by atoms with Crippen LogP contribution in [0.1, 0.15) is 48.1 Å². The summed E-state index contributed by atoms with van der Waals surface area (Å²) < 4.78 is 32.0. The molecule has 0 amide bonds. The van der Waals surface area contributed by atoms with Crippen LogP contribution in [0.5, 0.6) is 0 Å². The van der Waals surface area contributed by atoms with Crippen molar-refractivity contribution in [2.24, 2.45) is 13.0 Å². The first-order chi connectivity index (χ1) is 18.1. The van der Waals surface area contributed by atoms with E-state index in [1.807, 2.05) is 42.5 Å². The number of nitriles is 1. The van der Waals surface area contributed by atoms with Crippen molar-refractivity contribution in [1.29, 1.82) is 5.26 Å². The summed E-state index contributed by atoms with van der Waals surface area (Å²) in [6.07, 6.45) is 0. The van der Waals surface area contributed by atoms with Crippen molar-refractivity contribution >= 4 is 11.6 Å². The quantitative estimate of drug-likeness (QED) is 0.288. The van der Waals surface area contributed by atoms with Crippen molar-refractivity contribution in [1.82, 2.24) is 25.1 Å². The number of rotatable bonds is 7. The van der Waals surface area contributed by atoms with E-state index in [1.54, 1.807) is 33.0 Å². The summed E-state index contributed by atoms with van der Waals surface area (Å²) in [6, 6.07) is 21.8. The van der Waals surface area contributed by atoms with Gasteiger partial charge in [0.2, 0.25) is 0 Å². The van der Waals surface area contributed by atoms with Gasteiger partial charge in [0.15, 0.2) is 5.82 Å². The molecule has 9 heteroatoms. The Labute approximate surface area is 225 Å². The van der Waals surface area contributed by atoms with Crippen molar-refractivity contribution in [3.63, 3.8) is 0 Å². The van der Waals surface area contributed by atoms with Crippen LogP contribution in [0, 0.1) is 23.1 Å². The molecule has 0 radical (unpaired) electrons. The molecule has 0 aliphatic carbocycles. The largest absolute Gasteiger partial charge is 0.292 e. The van der Waals surface area contributed by atoms with E-state index >= 15 is 4.39 Å². The minimum atomic E-state index is -1.60. The van der Waals surface area contributed by atoms with Gasteiger partial charge >= 0.3 is 0 Å². The highest BCUT2D eigenvalue weighted by Crippen LogP contribution is 2.46. The van der Waals surface area contributed by atoms with Gasteiger partial charge in [0.1, 0.15) is 11.5 Å². The van der Waals surface area contributed by atoms with Crippen LogP contribution < -0.4 is 0 Å². The van der Waals surface area contributed by atoms with Gasteiger partial charge < -0.3 is 0 Å². The minimum Gasteiger partial charge on any atom is -0.292 e. The maximum absolute atomic E-state index is 15.8. The van der Waals surface area contributed by atoms with E-state index in [9.17, 15) is 9.65 Å². The lowest BCUT2D eigenvalue weighted by atomic mass is 9.72. The highest BCUT2D eigenvalue weighted by atomic mass is 35.5. The first kappa shape index (κ1) is 26.0. The lowest BCUT2D eigenvalue weighted by Gasteiger charge is -2.50. The molecule has 194 valence electrons. The topological polar surface area (TPSA) is 70.6 Å². The minimum absolute atomic E-state index is 0.0591. The van der Waals surface area contributed by atoms with Gasteiger partial charge in [0.25, 0.3) is 0 Å². The van der Waals surface area contributed by atoms with Crippen LogP contribution in [0.3, 0.4) is 0 Å². The molecular weight excluding hydrogens is 506 g/mol. The predicted octanol–water partition coefficient (Wildman–Crippen LogP) is 6.09. The van der Waals surface area contributed by atoms with E-state index in [-0.39, 0.29) is 12.0 Å². The number of hydrogen-bond donors (Lipinski definition) is 0. The molecular formula is C29H27ClF2N6. The van der Waals surface area contributed by atoms with Crippen LogP contribution >= 0.6 is 11.6 Å². The first-order valence-corrected chi connectivity index (χ1v) is 12.7. The van der Waals surface area contributed by atoms with Crippen molar-refractivity contribution in [3.8, 4) is 17.5 Å². The molecule has 1 fully saturated rings. The molecule has 0 spiro atoms. The number of aryl methyl sites for hydroxylation is 1. The molecule has 1 aliphatic rings. The summed E-state index contributed by atoms with van der Waals surface area (Å²) >= 11 is 6.15. The Balaban J connectivity index is 1.47. The molecule has 2 atom stereocenters. The molecule has 0 bridgehead atoms. The third kappa shape index (κ3) is 5.17. The van der Waals surface area contributed by atoms with Gasteiger partial charge in [-0.15, -0.1) is 5.10 Å². The van der Waals surface area contributed by atoms with Crippen molar-refractivity contribution in [2.75, 3.05) is 13.1 Å². The zero-order chi connectivity index (χ0) is 27.0. The van der Waals surface area contributed by atoms with Crippen molar-refractivity contribution in [3.05, 3.63) is 99.8 Å². The Morgan fingerprint density at radius 2 is 1.76 bits per heavy atom. The molecule has 5 rings (SSSR count). The van der Waals surface area contributed by atoms with Crippen LogP contribution in [-0.2, 0) is 7.05 Å². The molecule has 0 saturated carbocycles. The van der Waals surface area contributed by atoms with Crippen LogP contribution in [-0.4, -0.2) is 43.9 Å². The van der Waals surface area contributed by atoms with E-state index in [2.05, 4.69) is 26.5 Å². The molecule has 2 unspecified atom stereocenters. The van der Waals surface area contributed by atoms with Gasteiger partial charge in [-0.2, -0.15) is 5.26 Å². The Morgan fingerprint density at radius 1 is 1.03 bits per heavy atom. The normalized spacial score (nSPS) is 16.0. The number of likely N-dealkylation sites (tertiary alicyclic amines) is 1. The smallest absolute Gasteiger partial charge is 0.181 e. The summed E-state index contributed by atoms with van der Waals surface area (Å²) in [5.74, 6) is -0.656. The van der Waals surface area contributed by atoms with E-state index in [1.165, 1.54) is 16.8 Å². The summed E-state index contributed by atoms with van der Waals surface area (Å²) in [7, 11) is 1.68. The molecule has 3 aromatic carbocycles. The zero-order valence-corrected chi connectivity index (χ0v) is 22.1. The predicted molar refractivity (Wildman–Crippen MR) is 142 cm³/mol. The summed E-state index contributed by atoms with van der Waals surface area (Å²) in [4.78, 5) is 2.26. The number of halogens is 3. The maximum Gasteiger partial charge on any atom is 0.181 e. The van der Waals surface area contributed by atoms with Gasteiger partial charge in [0.05, 0.1) is 17.7 Å². The monoisotopic (exact) mass is 532 g/mol. The molecule has 1 aliphatic heterocycles. The molecule has 2 heterocycles. The number of alkyl halides is 1. The number of aromatic nitrogens is 4. The third-order valence-electron chi connectivity index (χ3n) is 7.19. The third-order valence-corrected chi connectivity index (χ3v) is 7.44. The second-order valence-electron chi connectivity index (χ2n) is 10.3. The molecule has 1 aromatic heterocycles. The molecule has 38 heavy (non-hydrogen) atoms. The maximum atomic E-state index is 15.8. The lowest BCUT2D eigenvalue weighted by Crippen LogP contribution is -2.53. The van der Waals surface area contributed by atoms with Gasteiger partial charge in [-0.3, -0.25) is 4.90 Å². The van der Waals surface area contributed by atoms with Crippen LogP contribution in [0.15, 0.2) is 66.7 Å². The van der Waals surface area contributed by atoms with Gasteiger partial charge in [-0.05, 0) is 89.3 Å². The van der Waals surface area contributed by atoms with E-state index < -0.39 is 17.4 Å². The van der Waals surface area contributed by atoms with Crippen LogP contribution in [0.2, 0.25) is 5.02 Å². The second kappa shape index (κ2) is 10.2. The summed E-state index contributed by atoms with van der Waals surface area (Å²) in [5.41, 5.74) is 2.06. The van der Waals surface area contributed by atoms with E-state index in [4.69, 9.17) is 11.6 Å².